The van der Waals surface area contributed by atoms with Crippen molar-refractivity contribution in [2.75, 3.05) is 0 Å². The van der Waals surface area contributed by atoms with Gasteiger partial charge in [-0.1, -0.05) is 54.6 Å². The second-order valence-electron chi connectivity index (χ2n) is 5.34. The van der Waals surface area contributed by atoms with E-state index >= 15 is 0 Å². The van der Waals surface area contributed by atoms with Crippen molar-refractivity contribution in [3.63, 3.8) is 0 Å². The Morgan fingerprint density at radius 3 is 2.57 bits per heavy atom. The quantitative estimate of drug-likeness (QED) is 0.741. The Morgan fingerprint density at radius 2 is 1.71 bits per heavy atom. The highest BCUT2D eigenvalue weighted by Crippen LogP contribution is 2.24. The first kappa shape index (κ1) is 13.7. The number of aromatic hydroxyl groups is 1. The molecule has 0 aliphatic heterocycles. The van der Waals surface area contributed by atoms with Gasteiger partial charge in [0.15, 0.2) is 0 Å². The van der Waals surface area contributed by atoms with Crippen LogP contribution in [-0.4, -0.2) is 5.11 Å². The first-order valence-corrected chi connectivity index (χ1v) is 7.23. The second kappa shape index (κ2) is 5.98. The zero-order chi connectivity index (χ0) is 14.7. The Bertz CT molecular complexity index is 746. The topological polar surface area (TPSA) is 32.3 Å². The summed E-state index contributed by atoms with van der Waals surface area (Å²) in [6, 6.07) is 22.5. The van der Waals surface area contributed by atoms with E-state index in [1.165, 1.54) is 16.3 Å². The Kier molecular flexibility index (Phi) is 3.89. The molecule has 0 spiro atoms. The van der Waals surface area contributed by atoms with Gasteiger partial charge in [0, 0.05) is 12.6 Å². The average Bonchev–Trinajstić information content (AvgIpc) is 2.52. The van der Waals surface area contributed by atoms with Crippen molar-refractivity contribution in [2.24, 2.45) is 0 Å². The van der Waals surface area contributed by atoms with Crippen LogP contribution in [0, 0.1) is 0 Å². The van der Waals surface area contributed by atoms with Crippen molar-refractivity contribution >= 4 is 10.8 Å². The Morgan fingerprint density at radius 1 is 0.952 bits per heavy atom. The van der Waals surface area contributed by atoms with E-state index in [9.17, 15) is 5.11 Å². The van der Waals surface area contributed by atoms with Crippen molar-refractivity contribution < 1.29 is 5.11 Å². The minimum atomic E-state index is 0.249. The summed E-state index contributed by atoms with van der Waals surface area (Å²) >= 11 is 0. The number of fused-ring (bicyclic) bond motifs is 1. The van der Waals surface area contributed by atoms with Crippen LogP contribution in [0.15, 0.2) is 66.7 Å². The SMILES string of the molecule is CC(NCc1cccc(O)c1)c1cccc2ccccc12. The molecule has 0 radical (unpaired) electrons. The lowest BCUT2D eigenvalue weighted by Crippen LogP contribution is -2.18. The summed E-state index contributed by atoms with van der Waals surface area (Å²) in [4.78, 5) is 0. The lowest BCUT2D eigenvalue weighted by Gasteiger charge is -2.17. The molecule has 0 bridgehead atoms. The van der Waals surface area contributed by atoms with Crippen LogP contribution in [0.5, 0.6) is 5.75 Å². The number of phenolic OH excluding ortho intramolecular Hbond substituents is 1. The number of rotatable bonds is 4. The summed E-state index contributed by atoms with van der Waals surface area (Å²) in [6.45, 7) is 2.91. The number of phenols is 1. The number of hydrogen-bond donors (Lipinski definition) is 2. The monoisotopic (exact) mass is 277 g/mol. The van der Waals surface area contributed by atoms with Crippen LogP contribution >= 0.6 is 0 Å². The summed E-state index contributed by atoms with van der Waals surface area (Å²) in [5.41, 5.74) is 2.38. The fourth-order valence-electron chi connectivity index (χ4n) is 2.68. The van der Waals surface area contributed by atoms with Gasteiger partial charge in [0.25, 0.3) is 0 Å². The Balaban J connectivity index is 1.79. The van der Waals surface area contributed by atoms with E-state index in [1.807, 2.05) is 12.1 Å². The van der Waals surface area contributed by atoms with Crippen molar-refractivity contribution in [1.29, 1.82) is 0 Å². The van der Waals surface area contributed by atoms with Crippen LogP contribution < -0.4 is 5.32 Å². The van der Waals surface area contributed by atoms with Crippen molar-refractivity contribution in [2.45, 2.75) is 19.5 Å². The molecule has 0 saturated heterocycles. The molecule has 0 aromatic heterocycles. The minimum Gasteiger partial charge on any atom is -0.508 e. The van der Waals surface area contributed by atoms with E-state index < -0.39 is 0 Å². The van der Waals surface area contributed by atoms with E-state index in [0.717, 1.165) is 12.1 Å². The van der Waals surface area contributed by atoms with Gasteiger partial charge in [-0.25, -0.2) is 0 Å². The summed E-state index contributed by atoms with van der Waals surface area (Å²) in [5.74, 6) is 0.312. The zero-order valence-electron chi connectivity index (χ0n) is 12.1. The maximum Gasteiger partial charge on any atom is 0.115 e. The van der Waals surface area contributed by atoms with Crippen LogP contribution in [0.1, 0.15) is 24.1 Å². The van der Waals surface area contributed by atoms with Gasteiger partial charge in [0.1, 0.15) is 5.75 Å². The second-order valence-corrected chi connectivity index (χ2v) is 5.34. The van der Waals surface area contributed by atoms with E-state index in [2.05, 4.69) is 54.7 Å². The molecule has 1 unspecified atom stereocenters. The van der Waals surface area contributed by atoms with Crippen LogP contribution in [0.2, 0.25) is 0 Å². The molecule has 0 fully saturated rings. The van der Waals surface area contributed by atoms with Gasteiger partial charge < -0.3 is 10.4 Å². The lowest BCUT2D eigenvalue weighted by molar-refractivity contribution is 0.473. The molecule has 0 aliphatic carbocycles. The maximum absolute atomic E-state index is 9.51. The number of benzene rings is 3. The standard InChI is InChI=1S/C19H19NO/c1-14(20-13-15-6-4-9-17(21)12-15)18-11-5-8-16-7-2-3-10-19(16)18/h2-12,14,20-21H,13H2,1H3. The van der Waals surface area contributed by atoms with Crippen molar-refractivity contribution in [3.8, 4) is 5.75 Å². The zero-order valence-corrected chi connectivity index (χ0v) is 12.1. The maximum atomic E-state index is 9.51. The predicted octanol–water partition coefficient (Wildman–Crippen LogP) is 4.40. The minimum absolute atomic E-state index is 0.249. The molecular formula is C19H19NO. The van der Waals surface area contributed by atoms with E-state index in [-0.39, 0.29) is 6.04 Å². The highest BCUT2D eigenvalue weighted by atomic mass is 16.3. The number of nitrogens with one attached hydrogen (secondary N) is 1. The molecule has 2 N–H and O–H groups in total. The van der Waals surface area contributed by atoms with E-state index in [0.29, 0.717) is 5.75 Å². The summed E-state index contributed by atoms with van der Waals surface area (Å²) in [6.07, 6.45) is 0. The molecule has 3 aromatic rings. The lowest BCUT2D eigenvalue weighted by atomic mass is 9.99. The molecule has 0 saturated carbocycles. The molecule has 1 atom stereocenters. The van der Waals surface area contributed by atoms with Crippen LogP contribution in [0.4, 0.5) is 0 Å². The highest BCUT2D eigenvalue weighted by Gasteiger charge is 2.08. The average molecular weight is 277 g/mol. The third kappa shape index (κ3) is 3.06. The van der Waals surface area contributed by atoms with Gasteiger partial charge in [-0.15, -0.1) is 0 Å². The van der Waals surface area contributed by atoms with Crippen LogP contribution in [0.25, 0.3) is 10.8 Å². The summed E-state index contributed by atoms with van der Waals surface area (Å²) in [7, 11) is 0. The van der Waals surface area contributed by atoms with E-state index in [1.54, 1.807) is 12.1 Å². The largest absolute Gasteiger partial charge is 0.508 e. The van der Waals surface area contributed by atoms with Gasteiger partial charge in [-0.3, -0.25) is 0 Å². The first-order valence-electron chi connectivity index (χ1n) is 7.23. The predicted molar refractivity (Wildman–Crippen MR) is 87.3 cm³/mol. The molecular weight excluding hydrogens is 258 g/mol. The van der Waals surface area contributed by atoms with E-state index in [4.69, 9.17) is 0 Å². The Hall–Kier alpha value is -2.32. The third-order valence-electron chi connectivity index (χ3n) is 3.81. The molecule has 106 valence electrons. The fourth-order valence-corrected chi connectivity index (χ4v) is 2.68. The molecule has 21 heavy (non-hydrogen) atoms. The first-order chi connectivity index (χ1) is 10.2. The highest BCUT2D eigenvalue weighted by molar-refractivity contribution is 5.86. The normalized spacial score (nSPS) is 12.4. The molecule has 2 heteroatoms. The Labute approximate surface area is 125 Å². The molecule has 2 nitrogen and oxygen atoms in total. The van der Waals surface area contributed by atoms with Gasteiger partial charge in [-0.2, -0.15) is 0 Å². The number of hydrogen-bond acceptors (Lipinski definition) is 2. The van der Waals surface area contributed by atoms with Crippen molar-refractivity contribution in [1.82, 2.24) is 5.32 Å². The van der Waals surface area contributed by atoms with Crippen LogP contribution in [-0.2, 0) is 6.54 Å². The summed E-state index contributed by atoms with van der Waals surface area (Å²) < 4.78 is 0. The summed E-state index contributed by atoms with van der Waals surface area (Å²) in [5, 5.41) is 15.6. The third-order valence-corrected chi connectivity index (χ3v) is 3.81. The van der Waals surface area contributed by atoms with Gasteiger partial charge >= 0.3 is 0 Å². The van der Waals surface area contributed by atoms with Gasteiger partial charge in [0.05, 0.1) is 0 Å². The molecule has 0 heterocycles. The van der Waals surface area contributed by atoms with Gasteiger partial charge in [0.2, 0.25) is 0 Å². The molecule has 0 amide bonds. The molecule has 3 rings (SSSR count). The van der Waals surface area contributed by atoms with Gasteiger partial charge in [-0.05, 0) is 41.0 Å². The molecule has 3 aromatic carbocycles. The van der Waals surface area contributed by atoms with Crippen LogP contribution in [0.3, 0.4) is 0 Å². The van der Waals surface area contributed by atoms with Crippen molar-refractivity contribution in [3.05, 3.63) is 77.9 Å². The molecule has 0 aliphatic rings. The smallest absolute Gasteiger partial charge is 0.115 e. The fraction of sp³-hybridized carbons (Fsp3) is 0.158.